The van der Waals surface area contributed by atoms with E-state index in [1.807, 2.05) is 0 Å². The van der Waals surface area contributed by atoms with Crippen molar-refractivity contribution in [3.63, 3.8) is 0 Å². The molecule has 6 heteroatoms. The number of fused-ring (bicyclic) bond motifs is 1. The molecule has 1 aliphatic heterocycles. The van der Waals surface area contributed by atoms with Crippen molar-refractivity contribution in [1.29, 1.82) is 0 Å². The molecular weight excluding hydrogens is 353 g/mol. The van der Waals surface area contributed by atoms with Crippen LogP contribution in [0.15, 0.2) is 54.7 Å². The molecule has 0 saturated heterocycles. The fourth-order valence-electron chi connectivity index (χ4n) is 3.03. The molecule has 4 nitrogen and oxygen atoms in total. The monoisotopic (exact) mass is 367 g/mol. The van der Waals surface area contributed by atoms with Gasteiger partial charge < -0.3 is 4.90 Å². The van der Waals surface area contributed by atoms with Crippen LogP contribution in [0.4, 0.5) is 4.39 Å². The van der Waals surface area contributed by atoms with Crippen molar-refractivity contribution in [3.05, 3.63) is 82.4 Å². The maximum absolute atomic E-state index is 13.1. The Morgan fingerprint density at radius 3 is 2.73 bits per heavy atom. The summed E-state index contributed by atoms with van der Waals surface area (Å²) in [6.07, 6.45) is 2.40. The van der Waals surface area contributed by atoms with E-state index in [-0.39, 0.29) is 11.7 Å². The fourth-order valence-corrected chi connectivity index (χ4v) is 3.22. The van der Waals surface area contributed by atoms with Crippen LogP contribution < -0.4 is 0 Å². The van der Waals surface area contributed by atoms with Gasteiger partial charge in [0.05, 0.1) is 5.69 Å². The van der Waals surface area contributed by atoms with Crippen molar-refractivity contribution in [2.45, 2.75) is 13.0 Å². The standard InChI is InChI=1S/C20H15ClFN3O/c21-16-3-1-2-14(10-16)20(26)25-9-8-18-15(12-25)11-23-19(24-18)13-4-6-17(22)7-5-13/h1-7,10-11H,8-9,12H2. The average molecular weight is 368 g/mol. The third kappa shape index (κ3) is 3.30. The zero-order chi connectivity index (χ0) is 18.1. The predicted molar refractivity (Wildman–Crippen MR) is 97.3 cm³/mol. The van der Waals surface area contributed by atoms with Crippen LogP contribution in [0.25, 0.3) is 11.4 Å². The summed E-state index contributed by atoms with van der Waals surface area (Å²) in [5.74, 6) is 0.223. The van der Waals surface area contributed by atoms with Gasteiger partial charge in [0.2, 0.25) is 0 Å². The third-order valence-electron chi connectivity index (χ3n) is 4.40. The highest BCUT2D eigenvalue weighted by Crippen LogP contribution is 2.23. The second kappa shape index (κ2) is 6.84. The zero-order valence-electron chi connectivity index (χ0n) is 13.8. The van der Waals surface area contributed by atoms with Gasteiger partial charge in [0.25, 0.3) is 5.91 Å². The van der Waals surface area contributed by atoms with E-state index in [1.54, 1.807) is 47.5 Å². The number of aromatic nitrogens is 2. The van der Waals surface area contributed by atoms with Gasteiger partial charge in [-0.2, -0.15) is 0 Å². The summed E-state index contributed by atoms with van der Waals surface area (Å²) in [7, 11) is 0. The summed E-state index contributed by atoms with van der Waals surface area (Å²) in [4.78, 5) is 23.4. The fraction of sp³-hybridized carbons (Fsp3) is 0.150. The minimum atomic E-state index is -0.290. The Morgan fingerprint density at radius 2 is 1.96 bits per heavy atom. The molecule has 26 heavy (non-hydrogen) atoms. The van der Waals surface area contributed by atoms with E-state index in [0.29, 0.717) is 35.9 Å². The predicted octanol–water partition coefficient (Wildman–Crippen LogP) is 4.13. The Labute approximate surface area is 155 Å². The number of halogens is 2. The molecule has 1 aliphatic rings. The number of nitrogens with zero attached hydrogens (tertiary/aromatic N) is 3. The van der Waals surface area contributed by atoms with Crippen molar-refractivity contribution in [1.82, 2.24) is 14.9 Å². The lowest BCUT2D eigenvalue weighted by Crippen LogP contribution is -2.36. The van der Waals surface area contributed by atoms with E-state index < -0.39 is 0 Å². The van der Waals surface area contributed by atoms with Gasteiger partial charge in [-0.1, -0.05) is 17.7 Å². The molecule has 3 aromatic rings. The van der Waals surface area contributed by atoms with Crippen LogP contribution in [0.3, 0.4) is 0 Å². The van der Waals surface area contributed by atoms with Gasteiger partial charge in [-0.3, -0.25) is 4.79 Å². The topological polar surface area (TPSA) is 46.1 Å². The minimum absolute atomic E-state index is 0.0549. The van der Waals surface area contributed by atoms with E-state index in [0.717, 1.165) is 16.8 Å². The highest BCUT2D eigenvalue weighted by molar-refractivity contribution is 6.30. The first kappa shape index (κ1) is 16.7. The Kier molecular flexibility index (Phi) is 4.39. The van der Waals surface area contributed by atoms with Gasteiger partial charge in [-0.05, 0) is 42.5 Å². The molecule has 2 heterocycles. The Morgan fingerprint density at radius 1 is 1.15 bits per heavy atom. The van der Waals surface area contributed by atoms with Crippen molar-refractivity contribution in [3.8, 4) is 11.4 Å². The molecule has 1 aromatic heterocycles. The van der Waals surface area contributed by atoms with Gasteiger partial charge in [-0.25, -0.2) is 14.4 Å². The first-order chi connectivity index (χ1) is 12.6. The van der Waals surface area contributed by atoms with Gasteiger partial charge in [0, 0.05) is 47.4 Å². The number of hydrogen-bond donors (Lipinski definition) is 0. The number of hydrogen-bond acceptors (Lipinski definition) is 3. The van der Waals surface area contributed by atoms with Crippen LogP contribution >= 0.6 is 11.6 Å². The SMILES string of the molecule is O=C(c1cccc(Cl)c1)N1CCc2nc(-c3ccc(F)cc3)ncc2C1. The molecule has 0 spiro atoms. The highest BCUT2D eigenvalue weighted by Gasteiger charge is 2.23. The molecule has 0 aliphatic carbocycles. The summed E-state index contributed by atoms with van der Waals surface area (Å²) in [5.41, 5.74) is 3.20. The molecule has 0 N–H and O–H groups in total. The zero-order valence-corrected chi connectivity index (χ0v) is 14.6. The van der Waals surface area contributed by atoms with E-state index in [2.05, 4.69) is 9.97 Å². The lowest BCUT2D eigenvalue weighted by atomic mass is 10.1. The number of carbonyl (C=O) groups is 1. The molecule has 0 unspecified atom stereocenters. The summed E-state index contributed by atoms with van der Waals surface area (Å²) >= 11 is 5.98. The maximum atomic E-state index is 13.1. The van der Waals surface area contributed by atoms with Crippen LogP contribution in [-0.4, -0.2) is 27.3 Å². The second-order valence-electron chi connectivity index (χ2n) is 6.16. The van der Waals surface area contributed by atoms with Gasteiger partial charge in [0.15, 0.2) is 5.82 Å². The first-order valence-electron chi connectivity index (χ1n) is 8.26. The maximum Gasteiger partial charge on any atom is 0.254 e. The van der Waals surface area contributed by atoms with Crippen LogP contribution in [0.2, 0.25) is 5.02 Å². The number of carbonyl (C=O) groups excluding carboxylic acids is 1. The average Bonchev–Trinajstić information content (AvgIpc) is 2.67. The van der Waals surface area contributed by atoms with Crippen LogP contribution in [-0.2, 0) is 13.0 Å². The van der Waals surface area contributed by atoms with Crippen LogP contribution in [0.5, 0.6) is 0 Å². The Hall–Kier alpha value is -2.79. The number of rotatable bonds is 2. The quantitative estimate of drug-likeness (QED) is 0.684. The highest BCUT2D eigenvalue weighted by atomic mass is 35.5. The number of benzene rings is 2. The summed E-state index contributed by atoms with van der Waals surface area (Å²) in [6.45, 7) is 1.04. The molecule has 1 amide bonds. The Bertz CT molecular complexity index is 975. The molecule has 2 aromatic carbocycles. The van der Waals surface area contributed by atoms with E-state index in [4.69, 9.17) is 11.6 Å². The molecule has 0 bridgehead atoms. The van der Waals surface area contributed by atoms with E-state index >= 15 is 0 Å². The minimum Gasteiger partial charge on any atom is -0.334 e. The first-order valence-corrected chi connectivity index (χ1v) is 8.63. The van der Waals surface area contributed by atoms with Crippen molar-refractivity contribution in [2.75, 3.05) is 6.54 Å². The van der Waals surface area contributed by atoms with Crippen molar-refractivity contribution in [2.24, 2.45) is 0 Å². The summed E-state index contributed by atoms with van der Waals surface area (Å²) in [6, 6.07) is 13.1. The second-order valence-corrected chi connectivity index (χ2v) is 6.60. The Balaban J connectivity index is 1.56. The molecule has 4 rings (SSSR count). The van der Waals surface area contributed by atoms with Crippen LogP contribution in [0.1, 0.15) is 21.6 Å². The third-order valence-corrected chi connectivity index (χ3v) is 4.63. The van der Waals surface area contributed by atoms with Gasteiger partial charge in [0.1, 0.15) is 5.82 Å². The smallest absolute Gasteiger partial charge is 0.254 e. The summed E-state index contributed by atoms with van der Waals surface area (Å²) in [5, 5.41) is 0.542. The molecule has 0 fully saturated rings. The van der Waals surface area contributed by atoms with Crippen molar-refractivity contribution < 1.29 is 9.18 Å². The molecule has 0 saturated carbocycles. The van der Waals surface area contributed by atoms with E-state index in [9.17, 15) is 9.18 Å². The number of amides is 1. The lowest BCUT2D eigenvalue weighted by molar-refractivity contribution is 0.0733. The van der Waals surface area contributed by atoms with Crippen LogP contribution in [0, 0.1) is 5.82 Å². The van der Waals surface area contributed by atoms with Gasteiger partial charge >= 0.3 is 0 Å². The summed E-state index contributed by atoms with van der Waals surface area (Å²) < 4.78 is 13.1. The largest absolute Gasteiger partial charge is 0.334 e. The molecule has 0 atom stereocenters. The van der Waals surface area contributed by atoms with Crippen molar-refractivity contribution >= 4 is 17.5 Å². The normalized spacial score (nSPS) is 13.4. The van der Waals surface area contributed by atoms with Gasteiger partial charge in [-0.15, -0.1) is 0 Å². The lowest BCUT2D eigenvalue weighted by Gasteiger charge is -2.28. The molecule has 130 valence electrons. The van der Waals surface area contributed by atoms with E-state index in [1.165, 1.54) is 12.1 Å². The molecule has 0 radical (unpaired) electrons. The molecular formula is C20H15ClFN3O.